The quantitative estimate of drug-likeness (QED) is 0.594. The van der Waals surface area contributed by atoms with Crippen LogP contribution in [-0.2, 0) is 11.2 Å². The summed E-state index contributed by atoms with van der Waals surface area (Å²) in [4.78, 5) is 17.0. The Hall–Kier alpha value is -2.18. The fourth-order valence-corrected chi connectivity index (χ4v) is 3.85. The van der Waals surface area contributed by atoms with E-state index in [4.69, 9.17) is 23.2 Å². The molecule has 3 rings (SSSR count). The Balaban J connectivity index is 1.71. The molecule has 0 unspecified atom stereocenters. The number of fused-ring (bicyclic) bond motifs is 1. The predicted molar refractivity (Wildman–Crippen MR) is 108 cm³/mol. The van der Waals surface area contributed by atoms with Gasteiger partial charge in [-0.15, -0.1) is 0 Å². The Morgan fingerprint density at radius 3 is 2.64 bits per heavy atom. The summed E-state index contributed by atoms with van der Waals surface area (Å²) in [6.45, 7) is 7.58. The molecule has 8 heteroatoms. The van der Waals surface area contributed by atoms with Gasteiger partial charge in [0.25, 0.3) is 0 Å². The molecule has 1 N–H and O–H groups in total. The Bertz CT molecular complexity index is 1060. The molecular weight excluding hydrogens is 402 g/mol. The molecule has 2 heterocycles. The molecule has 148 valence electrons. The average molecular weight is 423 g/mol. The number of amides is 1. The molecule has 1 amide bonds. The fraction of sp³-hybridized carbons (Fsp3) is 0.350. The SMILES string of the molecule is Cc1cc2nc(C)c(CCC(=O)N[C@H](C)c3cc(F)c(Cl)cc3Cl)c(C)n2n1. The zero-order valence-corrected chi connectivity index (χ0v) is 17.6. The molecule has 0 saturated heterocycles. The molecule has 0 saturated carbocycles. The van der Waals surface area contributed by atoms with Gasteiger partial charge in [-0.3, -0.25) is 4.79 Å². The average Bonchev–Trinajstić information content (AvgIpc) is 2.98. The van der Waals surface area contributed by atoms with Crippen molar-refractivity contribution < 1.29 is 9.18 Å². The summed E-state index contributed by atoms with van der Waals surface area (Å²) >= 11 is 11.9. The van der Waals surface area contributed by atoms with Crippen LogP contribution in [0.4, 0.5) is 4.39 Å². The van der Waals surface area contributed by atoms with Crippen molar-refractivity contribution in [2.24, 2.45) is 0 Å². The largest absolute Gasteiger partial charge is 0.350 e. The first kappa shape index (κ1) is 20.6. The normalized spacial score (nSPS) is 12.4. The highest BCUT2D eigenvalue weighted by atomic mass is 35.5. The zero-order valence-electron chi connectivity index (χ0n) is 16.1. The maximum atomic E-state index is 13.7. The third kappa shape index (κ3) is 4.13. The molecule has 0 aliphatic rings. The lowest BCUT2D eigenvalue weighted by molar-refractivity contribution is -0.121. The summed E-state index contributed by atoms with van der Waals surface area (Å²) in [5.41, 5.74) is 5.03. The molecule has 28 heavy (non-hydrogen) atoms. The molecule has 0 bridgehead atoms. The van der Waals surface area contributed by atoms with Crippen LogP contribution in [0.15, 0.2) is 18.2 Å². The Labute approximate surface area is 172 Å². The molecule has 3 aromatic rings. The highest BCUT2D eigenvalue weighted by Crippen LogP contribution is 2.28. The van der Waals surface area contributed by atoms with Gasteiger partial charge in [0.1, 0.15) is 5.82 Å². The summed E-state index contributed by atoms with van der Waals surface area (Å²) in [6, 6.07) is 4.08. The molecular formula is C20H21Cl2FN4O. The van der Waals surface area contributed by atoms with Gasteiger partial charge < -0.3 is 5.32 Å². The maximum absolute atomic E-state index is 13.7. The second kappa shape index (κ2) is 8.05. The van der Waals surface area contributed by atoms with Gasteiger partial charge in [0, 0.05) is 28.9 Å². The summed E-state index contributed by atoms with van der Waals surface area (Å²) in [5, 5.41) is 7.57. The number of nitrogens with zero attached hydrogens (tertiary/aromatic N) is 3. The van der Waals surface area contributed by atoms with E-state index >= 15 is 0 Å². The van der Waals surface area contributed by atoms with E-state index in [1.54, 1.807) is 11.4 Å². The van der Waals surface area contributed by atoms with E-state index in [1.807, 2.05) is 26.8 Å². The number of halogens is 3. The van der Waals surface area contributed by atoms with Crippen LogP contribution >= 0.6 is 23.2 Å². The standard InChI is InChI=1S/C20H21Cl2FN4O/c1-10-7-19-24-11(2)14(13(4)27(19)26-10)5-6-20(28)25-12(3)15-8-18(23)17(22)9-16(15)21/h7-9,12H,5-6H2,1-4H3,(H,25,28)/t12-/m1/s1. The fourth-order valence-electron chi connectivity index (χ4n) is 3.30. The molecule has 0 aliphatic heterocycles. The van der Waals surface area contributed by atoms with E-state index in [2.05, 4.69) is 15.4 Å². The van der Waals surface area contributed by atoms with Gasteiger partial charge in [-0.25, -0.2) is 13.9 Å². The summed E-state index contributed by atoms with van der Waals surface area (Å²) in [6.07, 6.45) is 0.800. The van der Waals surface area contributed by atoms with Gasteiger partial charge in [0.05, 0.1) is 16.8 Å². The van der Waals surface area contributed by atoms with Crippen LogP contribution in [-0.4, -0.2) is 20.5 Å². The molecule has 0 radical (unpaired) electrons. The summed E-state index contributed by atoms with van der Waals surface area (Å²) < 4.78 is 15.5. The molecule has 0 fully saturated rings. The summed E-state index contributed by atoms with van der Waals surface area (Å²) in [5.74, 6) is -0.725. The minimum absolute atomic E-state index is 0.0463. The van der Waals surface area contributed by atoms with Crippen molar-refractivity contribution in [3.8, 4) is 0 Å². The van der Waals surface area contributed by atoms with E-state index in [0.717, 1.165) is 28.3 Å². The van der Waals surface area contributed by atoms with Crippen molar-refractivity contribution in [3.63, 3.8) is 0 Å². The molecule has 0 spiro atoms. The van der Waals surface area contributed by atoms with Crippen molar-refractivity contribution in [3.05, 3.63) is 62.3 Å². The predicted octanol–water partition coefficient (Wildman–Crippen LogP) is 4.91. The number of carbonyl (C=O) groups is 1. The highest BCUT2D eigenvalue weighted by molar-refractivity contribution is 6.35. The van der Waals surface area contributed by atoms with Gasteiger partial charge in [0.15, 0.2) is 5.65 Å². The number of rotatable bonds is 5. The smallest absolute Gasteiger partial charge is 0.220 e. The first-order chi connectivity index (χ1) is 13.2. The van der Waals surface area contributed by atoms with Crippen molar-refractivity contribution in [2.45, 2.75) is 46.6 Å². The van der Waals surface area contributed by atoms with Gasteiger partial charge >= 0.3 is 0 Å². The first-order valence-electron chi connectivity index (χ1n) is 8.93. The second-order valence-electron chi connectivity index (χ2n) is 6.89. The zero-order chi connectivity index (χ0) is 20.6. The van der Waals surface area contributed by atoms with E-state index in [0.29, 0.717) is 17.0 Å². The third-order valence-corrected chi connectivity index (χ3v) is 5.39. The van der Waals surface area contributed by atoms with Crippen LogP contribution in [0.1, 0.15) is 47.6 Å². The van der Waals surface area contributed by atoms with Crippen LogP contribution in [0.25, 0.3) is 5.65 Å². The Morgan fingerprint density at radius 2 is 1.93 bits per heavy atom. The molecule has 0 aliphatic carbocycles. The molecule has 1 aromatic carbocycles. The second-order valence-corrected chi connectivity index (χ2v) is 7.71. The Kier molecular flexibility index (Phi) is 5.91. The van der Waals surface area contributed by atoms with Crippen molar-refractivity contribution >= 4 is 34.8 Å². The van der Waals surface area contributed by atoms with Crippen LogP contribution < -0.4 is 5.32 Å². The molecule has 1 atom stereocenters. The lowest BCUT2D eigenvalue weighted by Gasteiger charge is -2.17. The lowest BCUT2D eigenvalue weighted by Crippen LogP contribution is -2.27. The van der Waals surface area contributed by atoms with E-state index in [1.165, 1.54) is 12.1 Å². The third-order valence-electron chi connectivity index (χ3n) is 4.77. The number of aromatic nitrogens is 3. The number of benzene rings is 1. The topological polar surface area (TPSA) is 59.3 Å². The Morgan fingerprint density at radius 1 is 1.21 bits per heavy atom. The molecule has 2 aromatic heterocycles. The van der Waals surface area contributed by atoms with Crippen LogP contribution in [0.5, 0.6) is 0 Å². The van der Waals surface area contributed by atoms with Gasteiger partial charge in [0.2, 0.25) is 5.91 Å². The number of carbonyl (C=O) groups excluding carboxylic acids is 1. The lowest BCUT2D eigenvalue weighted by atomic mass is 10.0. The van der Waals surface area contributed by atoms with Crippen molar-refractivity contribution in [1.29, 1.82) is 0 Å². The monoisotopic (exact) mass is 422 g/mol. The highest BCUT2D eigenvalue weighted by Gasteiger charge is 2.17. The van der Waals surface area contributed by atoms with Gasteiger partial charge in [-0.2, -0.15) is 5.10 Å². The van der Waals surface area contributed by atoms with E-state index in [-0.39, 0.29) is 17.4 Å². The van der Waals surface area contributed by atoms with Crippen molar-refractivity contribution in [1.82, 2.24) is 19.9 Å². The number of nitrogens with one attached hydrogen (secondary N) is 1. The maximum Gasteiger partial charge on any atom is 0.220 e. The number of hydrogen-bond acceptors (Lipinski definition) is 3. The van der Waals surface area contributed by atoms with E-state index in [9.17, 15) is 9.18 Å². The van der Waals surface area contributed by atoms with Crippen molar-refractivity contribution in [2.75, 3.05) is 0 Å². The first-order valence-corrected chi connectivity index (χ1v) is 9.69. The van der Waals surface area contributed by atoms with Gasteiger partial charge in [-0.1, -0.05) is 23.2 Å². The number of hydrogen-bond donors (Lipinski definition) is 1. The minimum Gasteiger partial charge on any atom is -0.350 e. The number of aryl methyl sites for hydroxylation is 3. The van der Waals surface area contributed by atoms with E-state index < -0.39 is 11.9 Å². The van der Waals surface area contributed by atoms with Gasteiger partial charge in [-0.05, 0) is 57.4 Å². The van der Waals surface area contributed by atoms with Crippen LogP contribution in [0.3, 0.4) is 0 Å². The minimum atomic E-state index is -0.567. The van der Waals surface area contributed by atoms with Crippen LogP contribution in [0.2, 0.25) is 10.0 Å². The van der Waals surface area contributed by atoms with Crippen LogP contribution in [0, 0.1) is 26.6 Å². The molecule has 5 nitrogen and oxygen atoms in total. The summed E-state index contributed by atoms with van der Waals surface area (Å²) in [7, 11) is 0.